The zero-order valence-electron chi connectivity index (χ0n) is 54.0. The second-order valence-corrected chi connectivity index (χ2v) is 26.9. The van der Waals surface area contributed by atoms with Gasteiger partial charge in [0.05, 0.1) is 26.4 Å². The Morgan fingerprint density at radius 1 is 0.321 bits per heavy atom. The van der Waals surface area contributed by atoms with E-state index in [1.54, 1.807) is 0 Å². The minimum absolute atomic E-state index is 0.101. The van der Waals surface area contributed by atoms with Gasteiger partial charge in [-0.25, -0.2) is 9.13 Å². The Kier molecular flexibility index (Phi) is 57.4. The van der Waals surface area contributed by atoms with Crippen molar-refractivity contribution in [1.82, 2.24) is 0 Å². The summed E-state index contributed by atoms with van der Waals surface area (Å²) < 4.78 is 67.8. The minimum Gasteiger partial charge on any atom is -0.462 e. The van der Waals surface area contributed by atoms with E-state index in [1.165, 1.54) is 148 Å². The van der Waals surface area contributed by atoms with Crippen molar-refractivity contribution in [3.8, 4) is 0 Å². The minimum atomic E-state index is -4.94. The van der Waals surface area contributed by atoms with Gasteiger partial charge in [0, 0.05) is 25.7 Å². The van der Waals surface area contributed by atoms with Crippen molar-refractivity contribution >= 4 is 39.5 Å². The molecule has 0 aliphatic carbocycles. The van der Waals surface area contributed by atoms with E-state index < -0.39 is 97.5 Å². The third-order valence-electron chi connectivity index (χ3n) is 15.0. The molecule has 498 valence electrons. The van der Waals surface area contributed by atoms with Crippen LogP contribution in [0.3, 0.4) is 0 Å². The van der Waals surface area contributed by atoms with Gasteiger partial charge in [0.2, 0.25) is 0 Å². The number of rotatable bonds is 65. The largest absolute Gasteiger partial charge is 0.472 e. The average Bonchev–Trinajstić information content (AvgIpc) is 3.49. The molecule has 0 aromatic carbocycles. The average molecular weight is 1240 g/mol. The highest BCUT2D eigenvalue weighted by Crippen LogP contribution is 2.45. The van der Waals surface area contributed by atoms with E-state index in [2.05, 4.69) is 34.6 Å². The van der Waals surface area contributed by atoms with Crippen molar-refractivity contribution in [2.75, 3.05) is 39.6 Å². The molecule has 0 rings (SSSR count). The molecule has 3 N–H and O–H groups in total. The van der Waals surface area contributed by atoms with Crippen molar-refractivity contribution < 1.29 is 80.2 Å². The number of hydrogen-bond acceptors (Lipinski definition) is 15. The first kappa shape index (κ1) is 82.1. The summed E-state index contributed by atoms with van der Waals surface area (Å²) in [6.45, 7) is 7.03. The van der Waals surface area contributed by atoms with Crippen LogP contribution in [0.5, 0.6) is 0 Å². The maximum Gasteiger partial charge on any atom is 0.472 e. The molecule has 5 atom stereocenters. The Hall–Kier alpha value is -1.94. The summed E-state index contributed by atoms with van der Waals surface area (Å²) in [7, 11) is -9.88. The molecule has 0 radical (unpaired) electrons. The van der Waals surface area contributed by atoms with Gasteiger partial charge in [0.25, 0.3) is 0 Å². The van der Waals surface area contributed by atoms with Gasteiger partial charge < -0.3 is 33.8 Å². The number of esters is 4. The summed E-state index contributed by atoms with van der Waals surface area (Å²) in [6, 6.07) is 0. The predicted molar refractivity (Wildman–Crippen MR) is 335 cm³/mol. The number of ether oxygens (including phenoxy) is 4. The standard InChI is InChI=1S/C65H126O17P2/c1-6-9-12-15-17-19-21-23-25-26-28-30-32-34-40-45-50-64(69)81-61(55-76-63(68)49-44-39-33-31-29-27-24-22-20-18-16-13-10-7-2)57-80-84(73,74)78-53-59(66)52-77-83(71,72)79-56-60(54-75-62(67)48-43-37-14-11-8-3)82-65(70)51-46-41-36-35-38-42-47-58(4)5/h58-61,66H,6-57H2,1-5H3,(H,71,72)(H,73,74)/t59-,60+,61+/m0/s1. The lowest BCUT2D eigenvalue weighted by Gasteiger charge is -2.21. The molecule has 0 aliphatic rings. The third kappa shape index (κ3) is 59.0. The van der Waals surface area contributed by atoms with Crippen LogP contribution < -0.4 is 0 Å². The Labute approximate surface area is 511 Å². The number of unbranched alkanes of at least 4 members (excludes halogenated alkanes) is 37. The lowest BCUT2D eigenvalue weighted by Crippen LogP contribution is -2.30. The topological polar surface area (TPSA) is 237 Å². The Morgan fingerprint density at radius 2 is 0.548 bits per heavy atom. The maximum atomic E-state index is 13.0. The molecule has 0 heterocycles. The molecule has 17 nitrogen and oxygen atoms in total. The van der Waals surface area contributed by atoms with Gasteiger partial charge in [-0.2, -0.15) is 0 Å². The smallest absolute Gasteiger partial charge is 0.462 e. The summed E-state index contributed by atoms with van der Waals surface area (Å²) in [4.78, 5) is 72.0. The van der Waals surface area contributed by atoms with E-state index in [1.807, 2.05) is 0 Å². The monoisotopic (exact) mass is 1240 g/mol. The Bertz CT molecular complexity index is 1640. The Balaban J connectivity index is 5.16. The van der Waals surface area contributed by atoms with Gasteiger partial charge >= 0.3 is 39.5 Å². The van der Waals surface area contributed by atoms with Crippen molar-refractivity contribution in [3.63, 3.8) is 0 Å². The van der Waals surface area contributed by atoms with Crippen LogP contribution in [-0.4, -0.2) is 96.7 Å². The molecule has 0 aliphatic heterocycles. The molecule has 19 heteroatoms. The number of hydrogen-bond donors (Lipinski definition) is 3. The van der Waals surface area contributed by atoms with Gasteiger partial charge in [0.1, 0.15) is 19.3 Å². The van der Waals surface area contributed by atoms with Crippen LogP contribution in [0.4, 0.5) is 0 Å². The predicted octanol–water partition coefficient (Wildman–Crippen LogP) is 18.2. The molecule has 0 saturated carbocycles. The molecular formula is C65H126O17P2. The van der Waals surface area contributed by atoms with Crippen molar-refractivity contribution in [2.24, 2.45) is 5.92 Å². The second kappa shape index (κ2) is 58.7. The van der Waals surface area contributed by atoms with Crippen LogP contribution in [0.25, 0.3) is 0 Å². The first-order valence-electron chi connectivity index (χ1n) is 34.1. The molecular weight excluding hydrogens is 1110 g/mol. The summed E-state index contributed by atoms with van der Waals surface area (Å²) >= 11 is 0. The molecule has 0 amide bonds. The third-order valence-corrected chi connectivity index (χ3v) is 16.9. The number of carbonyl (C=O) groups is 4. The zero-order valence-corrected chi connectivity index (χ0v) is 55.8. The van der Waals surface area contributed by atoms with Gasteiger partial charge in [-0.05, 0) is 31.6 Å². The Morgan fingerprint density at radius 3 is 0.810 bits per heavy atom. The van der Waals surface area contributed by atoms with Crippen LogP contribution in [0.1, 0.15) is 330 Å². The highest BCUT2D eigenvalue weighted by atomic mass is 31.2. The van der Waals surface area contributed by atoms with Crippen LogP contribution in [0.2, 0.25) is 0 Å². The SMILES string of the molecule is CCCCCCCCCCCCCCCCCCC(=O)O[C@H](COC(=O)CCCCCCCCCCCCCCCC)COP(=O)(O)OC[C@@H](O)COP(=O)(O)OC[C@@H](COC(=O)CCCCCCC)OC(=O)CCCCCCCCC(C)C. The quantitative estimate of drug-likeness (QED) is 0.0222. The van der Waals surface area contributed by atoms with Gasteiger partial charge in [-0.3, -0.25) is 37.3 Å². The second-order valence-electron chi connectivity index (χ2n) is 24.0. The highest BCUT2D eigenvalue weighted by Gasteiger charge is 2.30. The maximum absolute atomic E-state index is 13.0. The molecule has 84 heavy (non-hydrogen) atoms. The van der Waals surface area contributed by atoms with Gasteiger partial charge in [0.15, 0.2) is 12.2 Å². The summed E-state index contributed by atoms with van der Waals surface area (Å²) in [6.07, 6.45) is 43.6. The van der Waals surface area contributed by atoms with E-state index in [0.717, 1.165) is 96.3 Å². The summed E-state index contributed by atoms with van der Waals surface area (Å²) in [5.74, 6) is -1.47. The summed E-state index contributed by atoms with van der Waals surface area (Å²) in [5, 5.41) is 10.5. The van der Waals surface area contributed by atoms with Crippen molar-refractivity contribution in [3.05, 3.63) is 0 Å². The molecule has 0 saturated heterocycles. The first-order valence-corrected chi connectivity index (χ1v) is 37.1. The van der Waals surface area contributed by atoms with Crippen molar-refractivity contribution in [1.29, 1.82) is 0 Å². The lowest BCUT2D eigenvalue weighted by atomic mass is 10.0. The van der Waals surface area contributed by atoms with E-state index in [9.17, 15) is 43.2 Å². The lowest BCUT2D eigenvalue weighted by molar-refractivity contribution is -0.161. The zero-order chi connectivity index (χ0) is 62.0. The molecule has 2 unspecified atom stereocenters. The van der Waals surface area contributed by atoms with Crippen molar-refractivity contribution in [2.45, 2.75) is 348 Å². The fraction of sp³-hybridized carbons (Fsp3) is 0.938. The number of aliphatic hydroxyl groups is 1. The van der Waals surface area contributed by atoms with E-state index in [0.29, 0.717) is 31.6 Å². The van der Waals surface area contributed by atoms with Crippen LogP contribution in [0, 0.1) is 5.92 Å². The van der Waals surface area contributed by atoms with Gasteiger partial charge in [-0.1, -0.05) is 279 Å². The first-order chi connectivity index (χ1) is 40.5. The fourth-order valence-electron chi connectivity index (χ4n) is 9.76. The van der Waals surface area contributed by atoms with Crippen LogP contribution in [-0.2, 0) is 65.4 Å². The number of phosphoric acid groups is 2. The van der Waals surface area contributed by atoms with Crippen LogP contribution in [0.15, 0.2) is 0 Å². The molecule has 0 aromatic heterocycles. The van der Waals surface area contributed by atoms with E-state index >= 15 is 0 Å². The van der Waals surface area contributed by atoms with E-state index in [4.69, 9.17) is 37.0 Å². The van der Waals surface area contributed by atoms with Gasteiger partial charge in [-0.15, -0.1) is 0 Å². The number of carbonyl (C=O) groups excluding carboxylic acids is 4. The number of aliphatic hydroxyl groups excluding tert-OH is 1. The molecule has 0 spiro atoms. The molecule has 0 bridgehead atoms. The van der Waals surface area contributed by atoms with E-state index in [-0.39, 0.29) is 25.7 Å². The normalized spacial score (nSPS) is 14.2. The van der Waals surface area contributed by atoms with Crippen LogP contribution >= 0.6 is 15.6 Å². The summed E-state index contributed by atoms with van der Waals surface area (Å²) in [5.41, 5.74) is 0. The molecule has 0 aromatic rings. The number of phosphoric ester groups is 2. The molecule has 0 fully saturated rings. The fourth-order valence-corrected chi connectivity index (χ4v) is 11.3. The highest BCUT2D eigenvalue weighted by molar-refractivity contribution is 7.47.